The van der Waals surface area contributed by atoms with Gasteiger partial charge >= 0.3 is 0 Å². The molecular formula is C18H34N2O. The fourth-order valence-corrected chi connectivity index (χ4v) is 4.13. The molecule has 2 aliphatic carbocycles. The smallest absolute Gasteiger partial charge is 0.227 e. The fourth-order valence-electron chi connectivity index (χ4n) is 4.13. The van der Waals surface area contributed by atoms with E-state index in [1.54, 1.807) is 0 Å². The van der Waals surface area contributed by atoms with Crippen LogP contribution in [0.15, 0.2) is 0 Å². The summed E-state index contributed by atoms with van der Waals surface area (Å²) in [6.07, 6.45) is 12.1. The summed E-state index contributed by atoms with van der Waals surface area (Å²) in [5.74, 6) is 1.64. The van der Waals surface area contributed by atoms with E-state index in [0.29, 0.717) is 18.5 Å². The second-order valence-electron chi connectivity index (χ2n) is 7.68. The van der Waals surface area contributed by atoms with E-state index in [-0.39, 0.29) is 11.3 Å². The van der Waals surface area contributed by atoms with Gasteiger partial charge in [0.05, 0.1) is 5.41 Å². The minimum atomic E-state index is -0.286. The Morgan fingerprint density at radius 2 is 1.71 bits per heavy atom. The van der Waals surface area contributed by atoms with Crippen LogP contribution >= 0.6 is 0 Å². The van der Waals surface area contributed by atoms with Crippen molar-refractivity contribution < 1.29 is 4.79 Å². The van der Waals surface area contributed by atoms with Crippen LogP contribution in [0.1, 0.15) is 78.1 Å². The Kier molecular flexibility index (Phi) is 6.09. The summed E-state index contributed by atoms with van der Waals surface area (Å²) in [5, 5.41) is 3.33. The molecule has 0 bridgehead atoms. The molecule has 0 spiro atoms. The third-order valence-electron chi connectivity index (χ3n) is 6.07. The van der Waals surface area contributed by atoms with Gasteiger partial charge in [-0.1, -0.05) is 32.6 Å². The zero-order valence-corrected chi connectivity index (χ0v) is 14.0. The van der Waals surface area contributed by atoms with Gasteiger partial charge in [0, 0.05) is 12.6 Å². The van der Waals surface area contributed by atoms with Gasteiger partial charge in [0.2, 0.25) is 5.91 Å². The summed E-state index contributed by atoms with van der Waals surface area (Å²) in [7, 11) is 0. The Bertz CT molecular complexity index is 326. The summed E-state index contributed by atoms with van der Waals surface area (Å²) in [6, 6.07) is 0.304. The monoisotopic (exact) mass is 294 g/mol. The molecule has 0 aromatic carbocycles. The van der Waals surface area contributed by atoms with Crippen molar-refractivity contribution in [3.63, 3.8) is 0 Å². The van der Waals surface area contributed by atoms with Gasteiger partial charge in [0.1, 0.15) is 0 Å². The van der Waals surface area contributed by atoms with E-state index in [2.05, 4.69) is 19.2 Å². The average Bonchev–Trinajstić information content (AvgIpc) is 2.77. The first-order valence-corrected chi connectivity index (χ1v) is 9.08. The zero-order chi connectivity index (χ0) is 15.3. The maximum absolute atomic E-state index is 12.8. The number of amides is 1. The molecule has 21 heavy (non-hydrogen) atoms. The topological polar surface area (TPSA) is 55.1 Å². The van der Waals surface area contributed by atoms with E-state index >= 15 is 0 Å². The Labute approximate surface area is 130 Å². The predicted molar refractivity (Wildman–Crippen MR) is 87.9 cm³/mol. The maximum atomic E-state index is 12.8. The molecule has 2 aliphatic rings. The van der Waals surface area contributed by atoms with Crippen molar-refractivity contribution in [2.45, 2.75) is 84.1 Å². The van der Waals surface area contributed by atoms with E-state index in [1.807, 2.05) is 0 Å². The highest BCUT2D eigenvalue weighted by atomic mass is 16.2. The summed E-state index contributed by atoms with van der Waals surface area (Å²) < 4.78 is 0. The van der Waals surface area contributed by atoms with Crippen molar-refractivity contribution in [3.05, 3.63) is 0 Å². The van der Waals surface area contributed by atoms with Crippen LogP contribution in [0.5, 0.6) is 0 Å². The Morgan fingerprint density at radius 3 is 2.24 bits per heavy atom. The van der Waals surface area contributed by atoms with Crippen molar-refractivity contribution >= 4 is 5.91 Å². The molecule has 3 N–H and O–H groups in total. The lowest BCUT2D eigenvalue weighted by Gasteiger charge is -2.38. The summed E-state index contributed by atoms with van der Waals surface area (Å²) >= 11 is 0. The van der Waals surface area contributed by atoms with Gasteiger partial charge in [-0.05, 0) is 57.3 Å². The second-order valence-corrected chi connectivity index (χ2v) is 7.68. The van der Waals surface area contributed by atoms with Gasteiger partial charge in [-0.25, -0.2) is 0 Å². The van der Waals surface area contributed by atoms with E-state index in [9.17, 15) is 4.79 Å². The normalized spacial score (nSPS) is 33.2. The van der Waals surface area contributed by atoms with Gasteiger partial charge in [0.15, 0.2) is 0 Å². The molecular weight excluding hydrogens is 260 g/mol. The number of rotatable bonds is 4. The van der Waals surface area contributed by atoms with Crippen LogP contribution in [-0.2, 0) is 4.79 Å². The van der Waals surface area contributed by atoms with Crippen molar-refractivity contribution in [3.8, 4) is 0 Å². The van der Waals surface area contributed by atoms with Crippen molar-refractivity contribution in [2.75, 3.05) is 6.54 Å². The number of hydrogen-bond donors (Lipinski definition) is 2. The van der Waals surface area contributed by atoms with Crippen molar-refractivity contribution in [1.82, 2.24) is 5.32 Å². The second kappa shape index (κ2) is 7.62. The van der Waals surface area contributed by atoms with Crippen molar-refractivity contribution in [1.29, 1.82) is 0 Å². The van der Waals surface area contributed by atoms with Crippen LogP contribution in [0.2, 0.25) is 0 Å². The molecule has 0 radical (unpaired) electrons. The maximum Gasteiger partial charge on any atom is 0.227 e. The third-order valence-corrected chi connectivity index (χ3v) is 6.07. The lowest BCUT2D eigenvalue weighted by atomic mass is 9.70. The predicted octanol–water partition coefficient (Wildman–Crippen LogP) is 3.62. The van der Waals surface area contributed by atoms with Gasteiger partial charge in [-0.3, -0.25) is 4.79 Å². The first-order valence-electron chi connectivity index (χ1n) is 9.08. The largest absolute Gasteiger partial charge is 0.353 e. The van der Waals surface area contributed by atoms with Gasteiger partial charge in [-0.15, -0.1) is 0 Å². The van der Waals surface area contributed by atoms with E-state index in [4.69, 9.17) is 5.73 Å². The third kappa shape index (κ3) is 4.21. The van der Waals surface area contributed by atoms with Crippen LogP contribution in [0, 0.1) is 17.3 Å². The molecule has 3 heteroatoms. The lowest BCUT2D eigenvalue weighted by Crippen LogP contribution is -2.51. The number of nitrogens with one attached hydrogen (secondary N) is 1. The van der Waals surface area contributed by atoms with Gasteiger partial charge < -0.3 is 11.1 Å². The number of nitrogens with two attached hydrogens (primary N) is 1. The minimum absolute atomic E-state index is 0.230. The number of carbonyl (C=O) groups is 1. The van der Waals surface area contributed by atoms with Crippen LogP contribution in [-0.4, -0.2) is 18.5 Å². The highest BCUT2D eigenvalue weighted by molar-refractivity contribution is 5.83. The molecule has 2 saturated carbocycles. The van der Waals surface area contributed by atoms with Crippen molar-refractivity contribution in [2.24, 2.45) is 23.0 Å². The Balaban J connectivity index is 1.92. The van der Waals surface area contributed by atoms with Crippen LogP contribution in [0.4, 0.5) is 0 Å². The van der Waals surface area contributed by atoms with Crippen LogP contribution in [0.25, 0.3) is 0 Å². The van der Waals surface area contributed by atoms with E-state index in [0.717, 1.165) is 31.6 Å². The van der Waals surface area contributed by atoms with Crippen LogP contribution < -0.4 is 11.1 Å². The summed E-state index contributed by atoms with van der Waals surface area (Å²) in [4.78, 5) is 12.8. The minimum Gasteiger partial charge on any atom is -0.353 e. The molecule has 0 unspecified atom stereocenters. The molecule has 0 heterocycles. The molecule has 2 fully saturated rings. The first-order chi connectivity index (χ1) is 10.1. The fraction of sp³-hybridized carbons (Fsp3) is 0.944. The Morgan fingerprint density at radius 1 is 1.14 bits per heavy atom. The highest BCUT2D eigenvalue weighted by Crippen LogP contribution is 2.38. The van der Waals surface area contributed by atoms with E-state index in [1.165, 1.54) is 38.5 Å². The quantitative estimate of drug-likeness (QED) is 0.778. The average molecular weight is 294 g/mol. The molecule has 122 valence electrons. The van der Waals surface area contributed by atoms with Crippen LogP contribution in [0.3, 0.4) is 0 Å². The molecule has 0 aromatic heterocycles. The molecule has 1 amide bonds. The Hall–Kier alpha value is -0.570. The molecule has 0 aliphatic heterocycles. The van der Waals surface area contributed by atoms with Gasteiger partial charge in [-0.2, -0.15) is 0 Å². The summed E-state index contributed by atoms with van der Waals surface area (Å²) in [5.41, 5.74) is 5.72. The molecule has 0 saturated heterocycles. The molecule has 3 nitrogen and oxygen atoms in total. The molecule has 1 atom stereocenters. The number of hydrogen-bond acceptors (Lipinski definition) is 2. The molecule has 2 rings (SSSR count). The zero-order valence-electron chi connectivity index (χ0n) is 14.0. The lowest BCUT2D eigenvalue weighted by molar-refractivity contribution is -0.133. The summed E-state index contributed by atoms with van der Waals surface area (Å²) in [6.45, 7) is 4.99. The SMILES string of the molecule is CC1CCC(CN)(C(=O)N[C@H](C)C2CCCCCC2)CC1. The molecule has 0 aromatic rings. The highest BCUT2D eigenvalue weighted by Gasteiger charge is 2.40. The number of carbonyl (C=O) groups excluding carboxylic acids is 1. The standard InChI is InChI=1S/C18H34N2O/c1-14-9-11-18(13-19,12-10-14)17(21)20-15(2)16-7-5-3-4-6-8-16/h14-16H,3-13,19H2,1-2H3,(H,20,21)/t14?,15-,18?/m1/s1. The van der Waals surface area contributed by atoms with E-state index < -0.39 is 0 Å². The van der Waals surface area contributed by atoms with Gasteiger partial charge in [0.25, 0.3) is 0 Å². The first kappa shape index (κ1) is 16.8.